The summed E-state index contributed by atoms with van der Waals surface area (Å²) in [5, 5.41) is 11.6. The van der Waals surface area contributed by atoms with E-state index in [0.29, 0.717) is 52.0 Å². The Morgan fingerprint density at radius 2 is 1.97 bits per heavy atom. The highest BCUT2D eigenvalue weighted by molar-refractivity contribution is 6.31. The van der Waals surface area contributed by atoms with Crippen molar-refractivity contribution in [3.63, 3.8) is 0 Å². The molecule has 0 saturated heterocycles. The third kappa shape index (κ3) is 5.53. The van der Waals surface area contributed by atoms with E-state index in [1.165, 1.54) is 19.2 Å². The van der Waals surface area contributed by atoms with Crippen LogP contribution in [0.5, 0.6) is 11.5 Å². The number of aromatic nitrogens is 1. The molecule has 2 aromatic carbocycles. The van der Waals surface area contributed by atoms with Gasteiger partial charge in [-0.1, -0.05) is 18.5 Å². The third-order valence-corrected chi connectivity index (χ3v) is 6.06. The van der Waals surface area contributed by atoms with Gasteiger partial charge in [-0.25, -0.2) is 9.37 Å². The maximum Gasteiger partial charge on any atom is 0.163 e. The highest BCUT2D eigenvalue weighted by Gasteiger charge is 2.20. The van der Waals surface area contributed by atoms with Gasteiger partial charge in [-0.2, -0.15) is 0 Å². The zero-order valence-electron chi connectivity index (χ0n) is 20.3. The molecule has 6 nitrogen and oxygen atoms in total. The van der Waals surface area contributed by atoms with E-state index in [1.54, 1.807) is 30.3 Å². The number of carbonyl (C=O) groups is 1. The summed E-state index contributed by atoms with van der Waals surface area (Å²) in [4.78, 5) is 17.5. The van der Waals surface area contributed by atoms with Crippen molar-refractivity contribution in [3.8, 4) is 22.8 Å². The van der Waals surface area contributed by atoms with Gasteiger partial charge in [0, 0.05) is 22.9 Å². The predicted octanol–water partition coefficient (Wildman–Crippen LogP) is 7.09. The number of Topliss-reactive ketones (excluding diaryl/α,β-unsaturated/α-hetero) is 1. The second-order valence-electron chi connectivity index (χ2n) is 8.49. The molecule has 1 N–H and O–H groups in total. The van der Waals surface area contributed by atoms with Crippen molar-refractivity contribution in [2.24, 2.45) is 0 Å². The van der Waals surface area contributed by atoms with Gasteiger partial charge in [-0.15, -0.1) is 0 Å². The molecule has 2 heterocycles. The summed E-state index contributed by atoms with van der Waals surface area (Å²) in [5.41, 5.74) is 2.36. The lowest BCUT2D eigenvalue weighted by Gasteiger charge is -2.13. The van der Waals surface area contributed by atoms with Crippen LogP contribution in [0.1, 0.15) is 54.1 Å². The number of methoxy groups -OCH3 is 1. The molecule has 0 spiro atoms. The van der Waals surface area contributed by atoms with E-state index in [4.69, 9.17) is 25.5 Å². The molecule has 0 radical (unpaired) electrons. The number of aliphatic hydroxyl groups is 1. The van der Waals surface area contributed by atoms with E-state index >= 15 is 0 Å². The number of ketones is 1. The zero-order valence-corrected chi connectivity index (χ0v) is 21.1. The number of halogens is 2. The molecule has 36 heavy (non-hydrogen) atoms. The average molecular weight is 512 g/mol. The molecule has 1 unspecified atom stereocenters. The fourth-order valence-corrected chi connectivity index (χ4v) is 4.12. The van der Waals surface area contributed by atoms with Crippen molar-refractivity contribution in [2.45, 2.75) is 39.2 Å². The molecule has 0 amide bonds. The molecule has 1 atom stereocenters. The predicted molar refractivity (Wildman–Crippen MR) is 136 cm³/mol. The maximum atomic E-state index is 13.7. The second kappa shape index (κ2) is 11.1. The molecule has 0 saturated carbocycles. The van der Waals surface area contributed by atoms with Crippen LogP contribution in [-0.4, -0.2) is 29.6 Å². The standard InChI is InChI=1S/C28H27ClFNO5/c1-4-11-35-25-10-6-17(15-26(25)34-3)23(32)8-9-24(33)22-14-19-12-16(2)36-28(19)27(31-22)18-5-7-21(30)20(29)13-18/h5-7,10,12-15,24,33H,4,8-9,11H2,1-3H3. The number of carbonyl (C=O) groups excluding carboxylic acids is 1. The van der Waals surface area contributed by atoms with Crippen LogP contribution in [0.15, 0.2) is 52.9 Å². The van der Waals surface area contributed by atoms with Crippen LogP contribution in [0, 0.1) is 12.7 Å². The van der Waals surface area contributed by atoms with Crippen LogP contribution < -0.4 is 9.47 Å². The van der Waals surface area contributed by atoms with E-state index in [-0.39, 0.29) is 23.6 Å². The first-order valence-corrected chi connectivity index (χ1v) is 12.1. The average Bonchev–Trinajstić information content (AvgIpc) is 3.26. The van der Waals surface area contributed by atoms with Crippen LogP contribution in [0.3, 0.4) is 0 Å². The molecule has 0 bridgehead atoms. The van der Waals surface area contributed by atoms with E-state index in [0.717, 1.165) is 11.8 Å². The van der Waals surface area contributed by atoms with Gasteiger partial charge in [-0.3, -0.25) is 4.79 Å². The lowest BCUT2D eigenvalue weighted by molar-refractivity contribution is 0.0937. The SMILES string of the molecule is CCCOc1ccc(C(=O)CCC(O)c2cc3cc(C)oc3c(-c3ccc(F)c(Cl)c3)n2)cc1OC. The summed E-state index contributed by atoms with van der Waals surface area (Å²) in [6.07, 6.45) is 0.114. The number of aliphatic hydroxyl groups excluding tert-OH is 1. The van der Waals surface area contributed by atoms with Crippen molar-refractivity contribution in [2.75, 3.05) is 13.7 Å². The van der Waals surface area contributed by atoms with Crippen LogP contribution in [0.2, 0.25) is 5.02 Å². The molecular weight excluding hydrogens is 485 g/mol. The Hall–Kier alpha value is -3.42. The molecule has 4 rings (SSSR count). The Morgan fingerprint density at radius 1 is 1.17 bits per heavy atom. The number of nitrogens with zero attached hydrogens (tertiary/aromatic N) is 1. The van der Waals surface area contributed by atoms with Gasteiger partial charge >= 0.3 is 0 Å². The number of hydrogen-bond donors (Lipinski definition) is 1. The summed E-state index contributed by atoms with van der Waals surface area (Å²) in [5.74, 6) is 1.06. The van der Waals surface area contributed by atoms with Crippen molar-refractivity contribution in [1.82, 2.24) is 4.98 Å². The van der Waals surface area contributed by atoms with Gasteiger partial charge in [0.05, 0.1) is 30.5 Å². The number of benzene rings is 2. The first kappa shape index (κ1) is 25.7. The fraction of sp³-hybridized carbons (Fsp3) is 0.286. The molecule has 8 heteroatoms. The number of aryl methyl sites for hydroxylation is 1. The highest BCUT2D eigenvalue weighted by Crippen LogP contribution is 2.34. The molecule has 0 aliphatic heterocycles. The van der Waals surface area contributed by atoms with Gasteiger partial charge in [0.15, 0.2) is 22.9 Å². The summed E-state index contributed by atoms with van der Waals surface area (Å²) in [7, 11) is 1.53. The zero-order chi connectivity index (χ0) is 25.8. The van der Waals surface area contributed by atoms with E-state index in [2.05, 4.69) is 4.98 Å². The quantitative estimate of drug-likeness (QED) is 0.229. The molecular formula is C28H27ClFNO5. The topological polar surface area (TPSA) is 81.8 Å². The Kier molecular flexibility index (Phi) is 7.91. The van der Waals surface area contributed by atoms with Gasteiger partial charge in [-0.05, 0) is 68.3 Å². The van der Waals surface area contributed by atoms with E-state index < -0.39 is 11.9 Å². The Morgan fingerprint density at radius 3 is 2.69 bits per heavy atom. The molecule has 188 valence electrons. The Labute approximate surface area is 213 Å². The maximum absolute atomic E-state index is 13.7. The third-order valence-electron chi connectivity index (χ3n) is 5.77. The summed E-state index contributed by atoms with van der Waals surface area (Å²) < 4.78 is 30.5. The van der Waals surface area contributed by atoms with Crippen LogP contribution in [-0.2, 0) is 0 Å². The lowest BCUT2D eigenvalue weighted by atomic mass is 10.0. The second-order valence-corrected chi connectivity index (χ2v) is 8.90. The molecule has 0 aliphatic carbocycles. The van der Waals surface area contributed by atoms with Crippen LogP contribution in [0.4, 0.5) is 4.39 Å². The monoisotopic (exact) mass is 511 g/mol. The number of ether oxygens (including phenoxy) is 2. The molecule has 4 aromatic rings. The summed E-state index contributed by atoms with van der Waals surface area (Å²) in [6, 6.07) is 12.9. The largest absolute Gasteiger partial charge is 0.493 e. The summed E-state index contributed by atoms with van der Waals surface area (Å²) >= 11 is 5.98. The van der Waals surface area contributed by atoms with Gasteiger partial charge in [0.2, 0.25) is 0 Å². The number of fused-ring (bicyclic) bond motifs is 1. The molecule has 2 aromatic heterocycles. The first-order chi connectivity index (χ1) is 17.3. The van der Waals surface area contributed by atoms with Crippen molar-refractivity contribution in [1.29, 1.82) is 0 Å². The van der Waals surface area contributed by atoms with Crippen LogP contribution in [0.25, 0.3) is 22.2 Å². The minimum absolute atomic E-state index is 0.0381. The fourth-order valence-electron chi connectivity index (χ4n) is 3.94. The smallest absolute Gasteiger partial charge is 0.163 e. The van der Waals surface area contributed by atoms with Crippen molar-refractivity contribution in [3.05, 3.63) is 76.4 Å². The number of hydrogen-bond acceptors (Lipinski definition) is 6. The summed E-state index contributed by atoms with van der Waals surface area (Å²) in [6.45, 7) is 4.37. The van der Waals surface area contributed by atoms with Gasteiger partial charge in [0.25, 0.3) is 0 Å². The lowest BCUT2D eigenvalue weighted by Crippen LogP contribution is -2.07. The van der Waals surface area contributed by atoms with Crippen molar-refractivity contribution >= 4 is 28.4 Å². The first-order valence-electron chi connectivity index (χ1n) is 11.7. The minimum Gasteiger partial charge on any atom is -0.493 e. The van der Waals surface area contributed by atoms with Crippen LogP contribution >= 0.6 is 11.6 Å². The van der Waals surface area contributed by atoms with E-state index in [9.17, 15) is 14.3 Å². The highest BCUT2D eigenvalue weighted by atomic mass is 35.5. The number of pyridine rings is 1. The number of rotatable bonds is 10. The van der Waals surface area contributed by atoms with E-state index in [1.807, 2.05) is 19.9 Å². The Bertz CT molecular complexity index is 1400. The normalized spacial score (nSPS) is 12.1. The number of furan rings is 1. The van der Waals surface area contributed by atoms with Gasteiger partial charge < -0.3 is 19.0 Å². The Balaban J connectivity index is 1.55. The molecule has 0 fully saturated rings. The van der Waals surface area contributed by atoms with Gasteiger partial charge in [0.1, 0.15) is 17.3 Å². The van der Waals surface area contributed by atoms with Crippen molar-refractivity contribution < 1.29 is 28.2 Å². The molecule has 0 aliphatic rings. The minimum atomic E-state index is -1.00.